The maximum atomic E-state index is 13.6. The number of carbonyl (C=O) groups is 7. The van der Waals surface area contributed by atoms with Crippen molar-refractivity contribution in [3.05, 3.63) is 65.7 Å². The maximum absolute atomic E-state index is 13.6. The number of likely N-dealkylation sites (tertiary alicyclic amines) is 1. The van der Waals surface area contributed by atoms with Crippen LogP contribution in [0, 0.1) is 0 Å². The molecule has 282 valence electrons. The minimum absolute atomic E-state index is 0.0281. The lowest BCUT2D eigenvalue weighted by Crippen LogP contribution is -2.59. The predicted molar refractivity (Wildman–Crippen MR) is 186 cm³/mol. The van der Waals surface area contributed by atoms with Gasteiger partial charge in [-0.05, 0) is 56.4 Å². The standard InChI is InChI=1S/C35H47N7O10/c1-19(34(50)42-16-6-9-27(42)32(48)41-26(35(51)52)18-21-7-4-3-5-8-21)38-30(46)24(14-15-28(36)45)39-31(47)25(40-33(49)29(37)20(2)43)17-22-10-12-23(44)13-11-22/h3-5,7-8,10-13,19-20,24-27,29,43-44H,6,9,14-18,37H2,1-2H3,(H2,36,45)(H,38,46)(H,39,47)(H,40,49)(H,41,48)(H,51,52)/t19-,20+,24-,25-,26-,27-,29-/m0/s1. The molecule has 1 aliphatic rings. The molecule has 0 aliphatic carbocycles. The topological polar surface area (TPSA) is 284 Å². The molecular weight excluding hydrogens is 678 g/mol. The zero-order valence-electron chi connectivity index (χ0n) is 29.0. The number of primary amides is 1. The van der Waals surface area contributed by atoms with Gasteiger partial charge < -0.3 is 53.0 Å². The molecule has 1 fully saturated rings. The molecular formula is C35H47N7O10. The van der Waals surface area contributed by atoms with Crippen LogP contribution in [-0.4, -0.2) is 111 Å². The van der Waals surface area contributed by atoms with E-state index in [0.717, 1.165) is 0 Å². The van der Waals surface area contributed by atoms with E-state index in [2.05, 4.69) is 21.3 Å². The molecule has 0 spiro atoms. The van der Waals surface area contributed by atoms with Crippen LogP contribution in [-0.2, 0) is 46.4 Å². The summed E-state index contributed by atoms with van der Waals surface area (Å²) in [5.41, 5.74) is 12.3. The number of hydrogen-bond donors (Lipinski definition) is 9. The molecule has 7 atom stereocenters. The molecule has 0 aromatic heterocycles. The summed E-state index contributed by atoms with van der Waals surface area (Å²) < 4.78 is 0. The highest BCUT2D eigenvalue weighted by molar-refractivity contribution is 5.96. The second-order valence-electron chi connectivity index (χ2n) is 12.8. The molecule has 17 heteroatoms. The molecule has 52 heavy (non-hydrogen) atoms. The zero-order chi connectivity index (χ0) is 38.5. The smallest absolute Gasteiger partial charge is 0.326 e. The molecule has 6 amide bonds. The number of aromatic hydroxyl groups is 1. The van der Waals surface area contributed by atoms with Crippen molar-refractivity contribution in [3.63, 3.8) is 0 Å². The van der Waals surface area contributed by atoms with Crippen molar-refractivity contribution in [2.75, 3.05) is 6.54 Å². The molecule has 0 bridgehead atoms. The van der Waals surface area contributed by atoms with E-state index in [1.165, 1.54) is 43.0 Å². The minimum atomic E-state index is -1.41. The number of carbonyl (C=O) groups excluding carboxylic acids is 6. The molecule has 11 N–H and O–H groups in total. The van der Waals surface area contributed by atoms with Crippen molar-refractivity contribution in [2.45, 2.75) is 94.7 Å². The molecule has 1 saturated heterocycles. The van der Waals surface area contributed by atoms with Gasteiger partial charge in [0.25, 0.3) is 0 Å². The number of nitrogens with zero attached hydrogens (tertiary/aromatic N) is 1. The number of amides is 6. The molecule has 17 nitrogen and oxygen atoms in total. The van der Waals surface area contributed by atoms with E-state index in [1.807, 2.05) is 0 Å². The van der Waals surface area contributed by atoms with Crippen LogP contribution in [0.3, 0.4) is 0 Å². The van der Waals surface area contributed by atoms with Crippen LogP contribution >= 0.6 is 0 Å². The summed E-state index contributed by atoms with van der Waals surface area (Å²) in [5.74, 6) is -5.92. The van der Waals surface area contributed by atoms with Gasteiger partial charge in [-0.25, -0.2) is 4.79 Å². The molecule has 1 heterocycles. The molecule has 0 unspecified atom stereocenters. The van der Waals surface area contributed by atoms with Crippen LogP contribution < -0.4 is 32.7 Å². The fourth-order valence-corrected chi connectivity index (χ4v) is 5.64. The van der Waals surface area contributed by atoms with Gasteiger partial charge in [0.05, 0.1) is 6.10 Å². The summed E-state index contributed by atoms with van der Waals surface area (Å²) in [5, 5.41) is 39.2. The first kappa shape index (κ1) is 40.9. The van der Waals surface area contributed by atoms with Crippen LogP contribution in [0.1, 0.15) is 50.7 Å². The largest absolute Gasteiger partial charge is 0.508 e. The zero-order valence-corrected chi connectivity index (χ0v) is 29.0. The Balaban J connectivity index is 1.73. The van der Waals surface area contributed by atoms with E-state index >= 15 is 0 Å². The summed E-state index contributed by atoms with van der Waals surface area (Å²) in [7, 11) is 0. The molecule has 1 aliphatic heterocycles. The Bertz CT molecular complexity index is 1590. The highest BCUT2D eigenvalue weighted by Crippen LogP contribution is 2.19. The number of aliphatic carboxylic acids is 1. The fourth-order valence-electron chi connectivity index (χ4n) is 5.64. The molecule has 0 saturated carbocycles. The van der Waals surface area contributed by atoms with Crippen molar-refractivity contribution in [3.8, 4) is 5.75 Å². The van der Waals surface area contributed by atoms with E-state index < -0.39 is 83.8 Å². The number of nitrogens with one attached hydrogen (secondary N) is 4. The number of nitrogens with two attached hydrogens (primary N) is 2. The number of phenolic OH excluding ortho intramolecular Hbond substituents is 1. The minimum Gasteiger partial charge on any atom is -0.508 e. The van der Waals surface area contributed by atoms with Crippen molar-refractivity contribution in [1.29, 1.82) is 0 Å². The Hall–Kier alpha value is -5.55. The van der Waals surface area contributed by atoms with Gasteiger partial charge >= 0.3 is 5.97 Å². The van der Waals surface area contributed by atoms with Gasteiger partial charge in [-0.2, -0.15) is 0 Å². The van der Waals surface area contributed by atoms with Crippen molar-refractivity contribution < 1.29 is 48.9 Å². The Morgan fingerprint density at radius 2 is 1.38 bits per heavy atom. The molecule has 0 radical (unpaired) electrons. The van der Waals surface area contributed by atoms with Gasteiger partial charge in [0.15, 0.2) is 0 Å². The van der Waals surface area contributed by atoms with Gasteiger partial charge in [-0.3, -0.25) is 28.8 Å². The van der Waals surface area contributed by atoms with E-state index in [0.29, 0.717) is 17.5 Å². The number of benzene rings is 2. The average molecular weight is 726 g/mol. The van der Waals surface area contributed by atoms with Crippen LogP contribution in [0.25, 0.3) is 0 Å². The summed E-state index contributed by atoms with van der Waals surface area (Å²) in [4.78, 5) is 91.4. The lowest BCUT2D eigenvalue weighted by Gasteiger charge is -2.29. The van der Waals surface area contributed by atoms with E-state index in [-0.39, 0.29) is 44.4 Å². The lowest BCUT2D eigenvalue weighted by atomic mass is 10.0. The average Bonchev–Trinajstić information content (AvgIpc) is 3.60. The second kappa shape index (κ2) is 19.2. The first-order valence-corrected chi connectivity index (χ1v) is 16.9. The van der Waals surface area contributed by atoms with Crippen LogP contribution in [0.2, 0.25) is 0 Å². The third-order valence-electron chi connectivity index (χ3n) is 8.61. The quantitative estimate of drug-likeness (QED) is 0.0825. The lowest BCUT2D eigenvalue weighted by molar-refractivity contribution is -0.144. The maximum Gasteiger partial charge on any atom is 0.326 e. The van der Waals surface area contributed by atoms with Crippen molar-refractivity contribution in [2.24, 2.45) is 11.5 Å². The monoisotopic (exact) mass is 725 g/mol. The molecule has 2 aromatic carbocycles. The summed E-state index contributed by atoms with van der Waals surface area (Å²) in [6, 6.07) is 6.93. The Kier molecular flexibility index (Phi) is 15.1. The van der Waals surface area contributed by atoms with Crippen LogP contribution in [0.5, 0.6) is 5.75 Å². The van der Waals surface area contributed by atoms with E-state index in [9.17, 15) is 48.9 Å². The third-order valence-corrected chi connectivity index (χ3v) is 8.61. The van der Waals surface area contributed by atoms with Gasteiger partial charge in [0.2, 0.25) is 35.4 Å². The first-order chi connectivity index (χ1) is 24.6. The third kappa shape index (κ3) is 12.1. The highest BCUT2D eigenvalue weighted by atomic mass is 16.4. The predicted octanol–water partition coefficient (Wildman–Crippen LogP) is -1.81. The van der Waals surface area contributed by atoms with Gasteiger partial charge in [0.1, 0.15) is 42.0 Å². The number of carboxylic acids is 1. The van der Waals surface area contributed by atoms with Gasteiger partial charge in [0, 0.05) is 25.8 Å². The number of aliphatic hydroxyl groups is 1. The SMILES string of the molecule is C[C@H](NC(=O)[C@H](CCC(N)=O)NC(=O)[C@H](Cc1ccc(O)cc1)NC(=O)[C@@H](N)[C@@H](C)O)C(=O)N1CCC[C@H]1C(=O)N[C@@H](Cc1ccccc1)C(=O)O. The second-order valence-corrected chi connectivity index (χ2v) is 12.8. The number of phenols is 1. The summed E-state index contributed by atoms with van der Waals surface area (Å²) in [6.45, 7) is 2.84. The number of aliphatic hydroxyl groups excluding tert-OH is 1. The highest BCUT2D eigenvalue weighted by Gasteiger charge is 2.38. The fraction of sp³-hybridized carbons (Fsp3) is 0.457. The van der Waals surface area contributed by atoms with Crippen LogP contribution in [0.4, 0.5) is 0 Å². The van der Waals surface area contributed by atoms with Gasteiger partial charge in [-0.1, -0.05) is 42.5 Å². The molecule has 3 rings (SSSR count). The summed E-state index contributed by atoms with van der Waals surface area (Å²) in [6.07, 6.45) is -1.22. The number of hydrogen-bond acceptors (Lipinski definition) is 10. The van der Waals surface area contributed by atoms with E-state index in [1.54, 1.807) is 30.3 Å². The van der Waals surface area contributed by atoms with E-state index in [4.69, 9.17) is 11.5 Å². The van der Waals surface area contributed by atoms with Crippen molar-refractivity contribution >= 4 is 41.4 Å². The molecule has 2 aromatic rings. The van der Waals surface area contributed by atoms with Crippen molar-refractivity contribution in [1.82, 2.24) is 26.2 Å². The normalized spacial score (nSPS) is 17.4. The number of carboxylic acid groups (broad SMARTS) is 1. The summed E-state index contributed by atoms with van der Waals surface area (Å²) >= 11 is 0. The Morgan fingerprint density at radius 3 is 1.98 bits per heavy atom. The van der Waals surface area contributed by atoms with Crippen LogP contribution in [0.15, 0.2) is 54.6 Å². The Labute approximate surface area is 300 Å². The Morgan fingerprint density at radius 1 is 0.808 bits per heavy atom. The first-order valence-electron chi connectivity index (χ1n) is 16.9. The van der Waals surface area contributed by atoms with Gasteiger partial charge in [-0.15, -0.1) is 0 Å². The number of rotatable bonds is 18.